The monoisotopic (exact) mass is 211 g/mol. The molecule has 0 aromatic carbocycles. The third-order valence-corrected chi connectivity index (χ3v) is 3.63. The summed E-state index contributed by atoms with van der Waals surface area (Å²) >= 11 is 0. The van der Waals surface area contributed by atoms with Crippen LogP contribution in [0.3, 0.4) is 0 Å². The van der Waals surface area contributed by atoms with E-state index in [9.17, 15) is 9.90 Å². The average Bonchev–Trinajstić information content (AvgIpc) is 2.30. The van der Waals surface area contributed by atoms with Crippen molar-refractivity contribution < 1.29 is 9.90 Å². The molecule has 0 bridgehead atoms. The van der Waals surface area contributed by atoms with E-state index in [0.29, 0.717) is 19.1 Å². The second kappa shape index (κ2) is 4.84. The molecule has 85 valence electrons. The zero-order valence-electron chi connectivity index (χ0n) is 9.15. The molecule has 0 aliphatic carbocycles. The Balaban J connectivity index is 1.79. The van der Waals surface area contributed by atoms with E-state index in [-0.39, 0.29) is 0 Å². The molecule has 0 unspecified atom stereocenters. The van der Waals surface area contributed by atoms with Crippen LogP contribution in [-0.2, 0) is 5.11 Å². The van der Waals surface area contributed by atoms with Crippen molar-refractivity contribution in [2.45, 2.75) is 38.1 Å². The summed E-state index contributed by atoms with van der Waals surface area (Å²) in [6.07, 6.45) is 4.92. The summed E-state index contributed by atoms with van der Waals surface area (Å²) in [5.74, 6) is 0. The summed E-state index contributed by atoms with van der Waals surface area (Å²) in [6, 6.07) is 0.612. The molecule has 2 rings (SSSR count). The standard InChI is InChI=1S/C11H19N2O2/c14-11(15)13-8-4-10(5-9-13)12-6-2-1-3-7-12/h10H,1-9H2. The van der Waals surface area contributed by atoms with E-state index in [2.05, 4.69) is 4.90 Å². The fraction of sp³-hybridized carbons (Fsp3) is 0.909. The van der Waals surface area contributed by atoms with Crippen LogP contribution in [0.5, 0.6) is 0 Å². The van der Waals surface area contributed by atoms with Crippen LogP contribution in [0.2, 0.25) is 0 Å². The Morgan fingerprint density at radius 2 is 1.53 bits per heavy atom. The highest BCUT2D eigenvalue weighted by molar-refractivity contribution is 5.64. The van der Waals surface area contributed by atoms with Crippen LogP contribution in [0.25, 0.3) is 0 Å². The minimum Gasteiger partial charge on any atom is -0.305 e. The lowest BCUT2D eigenvalue weighted by Crippen LogP contribution is -2.47. The number of nitrogens with zero attached hydrogens (tertiary/aromatic N) is 2. The van der Waals surface area contributed by atoms with Crippen LogP contribution in [0, 0.1) is 0 Å². The van der Waals surface area contributed by atoms with Crippen LogP contribution in [0.15, 0.2) is 0 Å². The van der Waals surface area contributed by atoms with Gasteiger partial charge in [0.15, 0.2) is 0 Å². The topological polar surface area (TPSA) is 43.5 Å². The van der Waals surface area contributed by atoms with Gasteiger partial charge in [0, 0.05) is 19.1 Å². The van der Waals surface area contributed by atoms with Crippen molar-refractivity contribution in [2.24, 2.45) is 0 Å². The van der Waals surface area contributed by atoms with E-state index in [1.54, 1.807) is 0 Å². The molecule has 0 atom stereocenters. The number of carbonyl (C=O) groups excluding carboxylic acids is 1. The number of rotatable bonds is 1. The van der Waals surface area contributed by atoms with Crippen LogP contribution < -0.4 is 0 Å². The lowest BCUT2D eigenvalue weighted by atomic mass is 10.0. The number of carbonyl (C=O) groups is 1. The molecule has 1 radical (unpaired) electrons. The summed E-state index contributed by atoms with van der Waals surface area (Å²) in [5, 5.41) is 10.6. The fourth-order valence-corrected chi connectivity index (χ4v) is 2.70. The predicted octanol–water partition coefficient (Wildman–Crippen LogP) is 1.49. The molecule has 0 aromatic heterocycles. The van der Waals surface area contributed by atoms with E-state index < -0.39 is 6.09 Å². The first-order valence-corrected chi connectivity index (χ1v) is 5.97. The first-order chi connectivity index (χ1) is 7.27. The van der Waals surface area contributed by atoms with Crippen molar-refractivity contribution in [1.29, 1.82) is 0 Å². The molecule has 2 heterocycles. The smallest absolute Gasteiger partial charge is 0.305 e. The largest absolute Gasteiger partial charge is 0.453 e. The molecule has 2 fully saturated rings. The van der Waals surface area contributed by atoms with Gasteiger partial charge in [0.1, 0.15) is 0 Å². The predicted molar refractivity (Wildman–Crippen MR) is 56.1 cm³/mol. The SMILES string of the molecule is [O]C(=O)N1CCC(N2CCCCC2)CC1. The Kier molecular flexibility index (Phi) is 3.46. The van der Waals surface area contributed by atoms with Gasteiger partial charge in [-0.05, 0) is 38.8 Å². The molecule has 4 heteroatoms. The summed E-state index contributed by atoms with van der Waals surface area (Å²) < 4.78 is 0. The molecule has 0 aromatic rings. The van der Waals surface area contributed by atoms with E-state index in [4.69, 9.17) is 0 Å². The van der Waals surface area contributed by atoms with Crippen molar-refractivity contribution in [1.82, 2.24) is 9.80 Å². The number of amides is 1. The summed E-state index contributed by atoms with van der Waals surface area (Å²) in [6.45, 7) is 3.72. The number of hydrogen-bond donors (Lipinski definition) is 0. The molecular formula is C11H19N2O2. The first kappa shape index (κ1) is 10.7. The van der Waals surface area contributed by atoms with Crippen LogP contribution in [0.1, 0.15) is 32.1 Å². The number of hydrogen-bond acceptors (Lipinski definition) is 2. The second-order valence-corrected chi connectivity index (χ2v) is 4.58. The second-order valence-electron chi connectivity index (χ2n) is 4.58. The molecule has 0 N–H and O–H groups in total. The lowest BCUT2D eigenvalue weighted by Gasteiger charge is -2.39. The third kappa shape index (κ3) is 2.62. The van der Waals surface area contributed by atoms with Gasteiger partial charge in [-0.2, -0.15) is 0 Å². The Hall–Kier alpha value is -0.770. The Labute approximate surface area is 90.9 Å². The van der Waals surface area contributed by atoms with Crippen LogP contribution >= 0.6 is 0 Å². The highest BCUT2D eigenvalue weighted by Crippen LogP contribution is 2.20. The quantitative estimate of drug-likeness (QED) is 0.659. The molecule has 1 amide bonds. The Bertz CT molecular complexity index is 219. The van der Waals surface area contributed by atoms with Crippen molar-refractivity contribution in [3.8, 4) is 0 Å². The van der Waals surface area contributed by atoms with Crippen LogP contribution in [0.4, 0.5) is 4.79 Å². The van der Waals surface area contributed by atoms with Gasteiger partial charge in [0.2, 0.25) is 0 Å². The van der Waals surface area contributed by atoms with Crippen molar-refractivity contribution in [3.63, 3.8) is 0 Å². The average molecular weight is 211 g/mol. The zero-order chi connectivity index (χ0) is 10.7. The maximum atomic E-state index is 10.6. The van der Waals surface area contributed by atoms with E-state index in [1.165, 1.54) is 37.3 Å². The summed E-state index contributed by atoms with van der Waals surface area (Å²) in [5.41, 5.74) is 0. The minimum atomic E-state index is -1.01. The molecule has 15 heavy (non-hydrogen) atoms. The summed E-state index contributed by atoms with van der Waals surface area (Å²) in [4.78, 5) is 14.6. The fourth-order valence-electron chi connectivity index (χ4n) is 2.70. The molecule has 2 aliphatic heterocycles. The van der Waals surface area contributed by atoms with Gasteiger partial charge in [0.05, 0.1) is 0 Å². The van der Waals surface area contributed by atoms with E-state index in [1.807, 2.05) is 0 Å². The van der Waals surface area contributed by atoms with Gasteiger partial charge in [-0.1, -0.05) is 6.42 Å². The zero-order valence-corrected chi connectivity index (χ0v) is 9.15. The van der Waals surface area contributed by atoms with E-state index in [0.717, 1.165) is 12.8 Å². The lowest BCUT2D eigenvalue weighted by molar-refractivity contribution is 0.0738. The Morgan fingerprint density at radius 1 is 0.933 bits per heavy atom. The van der Waals surface area contributed by atoms with Gasteiger partial charge in [-0.3, -0.25) is 0 Å². The van der Waals surface area contributed by atoms with Gasteiger partial charge in [-0.25, -0.2) is 9.90 Å². The minimum absolute atomic E-state index is 0.612. The molecule has 0 saturated carbocycles. The van der Waals surface area contributed by atoms with E-state index >= 15 is 0 Å². The van der Waals surface area contributed by atoms with Gasteiger partial charge < -0.3 is 9.80 Å². The first-order valence-electron chi connectivity index (χ1n) is 5.97. The highest BCUT2D eigenvalue weighted by atomic mass is 16.4. The van der Waals surface area contributed by atoms with Crippen molar-refractivity contribution in [2.75, 3.05) is 26.2 Å². The maximum Gasteiger partial charge on any atom is 0.453 e. The molecule has 2 saturated heterocycles. The van der Waals surface area contributed by atoms with Crippen molar-refractivity contribution >= 4 is 6.09 Å². The molecule has 4 nitrogen and oxygen atoms in total. The van der Waals surface area contributed by atoms with Gasteiger partial charge >= 0.3 is 6.09 Å². The maximum absolute atomic E-state index is 10.6. The van der Waals surface area contributed by atoms with Gasteiger partial charge in [-0.15, -0.1) is 0 Å². The van der Waals surface area contributed by atoms with Gasteiger partial charge in [0.25, 0.3) is 0 Å². The molecule has 0 spiro atoms. The summed E-state index contributed by atoms with van der Waals surface area (Å²) in [7, 11) is 0. The Morgan fingerprint density at radius 3 is 2.07 bits per heavy atom. The molecular weight excluding hydrogens is 192 g/mol. The molecule has 2 aliphatic rings. The normalized spacial score (nSPS) is 25.5. The van der Waals surface area contributed by atoms with Crippen molar-refractivity contribution in [3.05, 3.63) is 0 Å². The van der Waals surface area contributed by atoms with Crippen LogP contribution in [-0.4, -0.2) is 48.1 Å². The highest BCUT2D eigenvalue weighted by Gasteiger charge is 2.27. The third-order valence-electron chi connectivity index (χ3n) is 3.63. The number of piperidine rings is 2. The number of likely N-dealkylation sites (tertiary alicyclic amines) is 2.